The number of nitrogens with zero attached hydrogens (tertiary/aromatic N) is 3. The molecular weight excluding hydrogens is 268 g/mol. The molecule has 0 unspecified atom stereocenters. The van der Waals surface area contributed by atoms with E-state index >= 15 is 0 Å². The molecule has 0 fully saturated rings. The molecule has 2 heterocycles. The number of aryl methyl sites for hydroxylation is 3. The maximum absolute atomic E-state index is 11.4. The van der Waals surface area contributed by atoms with Crippen LogP contribution in [0, 0.1) is 13.8 Å². The van der Waals surface area contributed by atoms with Crippen LogP contribution in [0.25, 0.3) is 11.2 Å². The molecule has 0 aliphatic carbocycles. The van der Waals surface area contributed by atoms with E-state index in [4.69, 9.17) is 0 Å². The van der Waals surface area contributed by atoms with Gasteiger partial charge in [-0.2, -0.15) is 0 Å². The number of benzene rings is 1. The Hall–Kier alpha value is -2.63. The van der Waals surface area contributed by atoms with Crippen LogP contribution in [0.3, 0.4) is 0 Å². The summed E-state index contributed by atoms with van der Waals surface area (Å²) < 4.78 is 2.37. The molecule has 6 nitrogen and oxygen atoms in total. The van der Waals surface area contributed by atoms with Crippen molar-refractivity contribution in [2.75, 3.05) is 0 Å². The molecule has 3 aromatic rings. The van der Waals surface area contributed by atoms with Crippen LogP contribution in [-0.4, -0.2) is 19.1 Å². The first-order valence-electron chi connectivity index (χ1n) is 6.54. The molecule has 0 aliphatic heterocycles. The molecule has 0 aliphatic rings. The molecule has 0 bridgehead atoms. The quantitative estimate of drug-likeness (QED) is 0.676. The lowest BCUT2D eigenvalue weighted by Gasteiger charge is -2.00. The summed E-state index contributed by atoms with van der Waals surface area (Å²) in [6.45, 7) is 4.24. The fraction of sp³-hybridized carbons (Fsp3) is 0.267. The van der Waals surface area contributed by atoms with E-state index in [2.05, 4.69) is 48.1 Å². The van der Waals surface area contributed by atoms with Gasteiger partial charge in [-0.3, -0.25) is 13.9 Å². The SMILES string of the molecule is Cc1ccccc1C.Cn1c(=O)c2[nH]cnc2n(C)c1=O. The lowest BCUT2D eigenvalue weighted by Crippen LogP contribution is -2.36. The zero-order valence-corrected chi connectivity index (χ0v) is 12.5. The Kier molecular flexibility index (Phi) is 4.07. The van der Waals surface area contributed by atoms with E-state index < -0.39 is 0 Å². The van der Waals surface area contributed by atoms with Gasteiger partial charge in [0.15, 0.2) is 5.65 Å². The average Bonchev–Trinajstić information content (AvgIpc) is 2.96. The third-order valence-electron chi connectivity index (χ3n) is 3.45. The maximum atomic E-state index is 11.4. The van der Waals surface area contributed by atoms with Gasteiger partial charge in [-0.05, 0) is 25.0 Å². The predicted molar refractivity (Wildman–Crippen MR) is 82.5 cm³/mol. The molecule has 0 radical (unpaired) electrons. The van der Waals surface area contributed by atoms with Gasteiger partial charge < -0.3 is 4.98 Å². The fourth-order valence-electron chi connectivity index (χ4n) is 1.93. The van der Waals surface area contributed by atoms with Crippen molar-refractivity contribution in [3.63, 3.8) is 0 Å². The van der Waals surface area contributed by atoms with E-state index in [-0.39, 0.29) is 11.2 Å². The van der Waals surface area contributed by atoms with Gasteiger partial charge in [0.25, 0.3) is 5.56 Å². The van der Waals surface area contributed by atoms with E-state index in [0.717, 1.165) is 4.57 Å². The molecule has 110 valence electrons. The second kappa shape index (κ2) is 5.78. The van der Waals surface area contributed by atoms with Crippen LogP contribution >= 0.6 is 0 Å². The zero-order chi connectivity index (χ0) is 15.6. The average molecular weight is 286 g/mol. The summed E-state index contributed by atoms with van der Waals surface area (Å²) in [5, 5.41) is 0. The fourth-order valence-corrected chi connectivity index (χ4v) is 1.93. The van der Waals surface area contributed by atoms with E-state index in [0.29, 0.717) is 11.2 Å². The van der Waals surface area contributed by atoms with Crippen LogP contribution in [0.4, 0.5) is 0 Å². The summed E-state index contributed by atoms with van der Waals surface area (Å²) in [7, 11) is 3.01. The van der Waals surface area contributed by atoms with E-state index in [1.807, 2.05) is 0 Å². The lowest BCUT2D eigenvalue weighted by atomic mass is 10.1. The maximum Gasteiger partial charge on any atom is 0.332 e. The Balaban J connectivity index is 0.000000173. The Morgan fingerprint density at radius 1 is 1.00 bits per heavy atom. The van der Waals surface area contributed by atoms with E-state index in [1.54, 1.807) is 7.05 Å². The van der Waals surface area contributed by atoms with Crippen LogP contribution in [0.1, 0.15) is 11.1 Å². The third kappa shape index (κ3) is 2.79. The van der Waals surface area contributed by atoms with Crippen LogP contribution in [0.5, 0.6) is 0 Å². The molecule has 3 rings (SSSR count). The highest BCUT2D eigenvalue weighted by atomic mass is 16.2. The van der Waals surface area contributed by atoms with Crippen LogP contribution < -0.4 is 11.2 Å². The summed E-state index contributed by atoms with van der Waals surface area (Å²) in [4.78, 5) is 29.4. The van der Waals surface area contributed by atoms with Crippen molar-refractivity contribution in [3.8, 4) is 0 Å². The number of fused-ring (bicyclic) bond motifs is 1. The van der Waals surface area contributed by atoms with Gasteiger partial charge in [0.2, 0.25) is 0 Å². The summed E-state index contributed by atoms with van der Waals surface area (Å²) in [5.74, 6) is 0. The van der Waals surface area contributed by atoms with Crippen molar-refractivity contribution in [1.82, 2.24) is 19.1 Å². The summed E-state index contributed by atoms with van der Waals surface area (Å²) in [6.07, 6.45) is 1.39. The predicted octanol–water partition coefficient (Wildman–Crippen LogP) is 1.26. The smallest absolute Gasteiger partial charge is 0.332 e. The van der Waals surface area contributed by atoms with Crippen LogP contribution in [0.15, 0.2) is 40.2 Å². The van der Waals surface area contributed by atoms with Crippen molar-refractivity contribution >= 4 is 11.2 Å². The third-order valence-corrected chi connectivity index (χ3v) is 3.45. The number of nitrogens with one attached hydrogen (secondary N) is 1. The number of aromatic nitrogens is 4. The van der Waals surface area contributed by atoms with Crippen molar-refractivity contribution < 1.29 is 0 Å². The van der Waals surface area contributed by atoms with Gasteiger partial charge in [0, 0.05) is 14.1 Å². The number of hydrogen-bond acceptors (Lipinski definition) is 3. The van der Waals surface area contributed by atoms with Crippen LogP contribution in [-0.2, 0) is 14.1 Å². The molecular formula is C15H18N4O2. The number of hydrogen-bond donors (Lipinski definition) is 1. The van der Waals surface area contributed by atoms with Crippen molar-refractivity contribution in [1.29, 1.82) is 0 Å². The van der Waals surface area contributed by atoms with Gasteiger partial charge in [-0.25, -0.2) is 9.78 Å². The van der Waals surface area contributed by atoms with Crippen molar-refractivity contribution in [2.24, 2.45) is 14.1 Å². The zero-order valence-electron chi connectivity index (χ0n) is 12.5. The standard InChI is InChI=1S/C8H10.C7H8N4O2/c1-7-5-3-4-6-8(7)2;1-10-5-4(8-3-9-5)6(12)11(2)7(10)13/h3-6H,1-2H3;3H,1-2H3,(H,8,9). The van der Waals surface area contributed by atoms with E-state index in [9.17, 15) is 9.59 Å². The largest absolute Gasteiger partial charge is 0.339 e. The van der Waals surface area contributed by atoms with Crippen molar-refractivity contribution in [2.45, 2.75) is 13.8 Å². The molecule has 0 amide bonds. The Morgan fingerprint density at radius 2 is 1.57 bits per heavy atom. The van der Waals surface area contributed by atoms with Crippen LogP contribution in [0.2, 0.25) is 0 Å². The minimum Gasteiger partial charge on any atom is -0.339 e. The Labute approximate surface area is 121 Å². The highest BCUT2D eigenvalue weighted by Gasteiger charge is 2.08. The van der Waals surface area contributed by atoms with Gasteiger partial charge in [-0.15, -0.1) is 0 Å². The highest BCUT2D eigenvalue weighted by molar-refractivity contribution is 5.68. The molecule has 0 atom stereocenters. The van der Waals surface area contributed by atoms with Crippen molar-refractivity contribution in [3.05, 3.63) is 62.6 Å². The van der Waals surface area contributed by atoms with Gasteiger partial charge in [-0.1, -0.05) is 24.3 Å². The molecule has 6 heteroatoms. The normalized spacial score (nSPS) is 10.3. The molecule has 0 saturated carbocycles. The highest BCUT2D eigenvalue weighted by Crippen LogP contribution is 2.02. The number of rotatable bonds is 0. The number of H-pyrrole nitrogens is 1. The first-order valence-corrected chi connectivity index (χ1v) is 6.54. The second-order valence-corrected chi connectivity index (χ2v) is 4.89. The molecule has 1 N–H and O–H groups in total. The summed E-state index contributed by atoms with van der Waals surface area (Å²) in [6, 6.07) is 8.36. The van der Waals surface area contributed by atoms with Gasteiger partial charge in [0.05, 0.1) is 6.33 Å². The minimum atomic E-state index is -0.371. The molecule has 1 aromatic carbocycles. The first-order chi connectivity index (χ1) is 9.93. The topological polar surface area (TPSA) is 72.7 Å². The lowest BCUT2D eigenvalue weighted by molar-refractivity contribution is 0.709. The summed E-state index contributed by atoms with van der Waals surface area (Å²) >= 11 is 0. The molecule has 0 saturated heterocycles. The summed E-state index contributed by atoms with van der Waals surface area (Å²) in [5.41, 5.74) is 2.75. The number of imidazole rings is 1. The Morgan fingerprint density at radius 3 is 2.10 bits per heavy atom. The Bertz CT molecular complexity index is 866. The second-order valence-electron chi connectivity index (χ2n) is 4.89. The minimum absolute atomic E-state index is 0.351. The van der Waals surface area contributed by atoms with Gasteiger partial charge in [0.1, 0.15) is 5.52 Å². The monoisotopic (exact) mass is 286 g/mol. The molecule has 2 aromatic heterocycles. The first kappa shape index (κ1) is 14.8. The van der Waals surface area contributed by atoms with Gasteiger partial charge >= 0.3 is 5.69 Å². The molecule has 0 spiro atoms. The van der Waals surface area contributed by atoms with E-state index in [1.165, 1.54) is 29.1 Å². The molecule has 21 heavy (non-hydrogen) atoms. The number of aromatic amines is 1.